The fourth-order valence-electron chi connectivity index (χ4n) is 1.24. The van der Waals surface area contributed by atoms with Gasteiger partial charge < -0.3 is 19.6 Å². The lowest BCUT2D eigenvalue weighted by Crippen LogP contribution is -2.45. The number of carbonyl (C=O) groups is 3. The molecule has 0 fully saturated rings. The highest BCUT2D eigenvalue weighted by Gasteiger charge is 2.21. The number of rotatable bonds is 6. The molecule has 1 N–H and O–H groups in total. The van der Waals surface area contributed by atoms with Gasteiger partial charge in [-0.25, -0.2) is 4.79 Å². The van der Waals surface area contributed by atoms with E-state index in [-0.39, 0.29) is 6.54 Å². The van der Waals surface area contributed by atoms with Gasteiger partial charge in [-0.15, -0.1) is 0 Å². The molecule has 0 aromatic rings. The number of aliphatic carboxylic acids is 1. The van der Waals surface area contributed by atoms with Gasteiger partial charge in [0, 0.05) is 13.6 Å². The minimum Gasteiger partial charge on any atom is -0.480 e. The summed E-state index contributed by atoms with van der Waals surface area (Å²) in [5.41, 5.74) is 0. The third-order valence-corrected chi connectivity index (χ3v) is 2.01. The second-order valence-electron chi connectivity index (χ2n) is 3.53. The molecule has 0 radical (unpaired) electrons. The summed E-state index contributed by atoms with van der Waals surface area (Å²) in [5.74, 6) is -1.63. The van der Waals surface area contributed by atoms with Crippen LogP contribution in [0.15, 0.2) is 0 Å². The number of likely N-dealkylation sites (N-methyl/N-ethyl adjacent to an activating group) is 1. The van der Waals surface area contributed by atoms with Crippen molar-refractivity contribution in [3.05, 3.63) is 0 Å². The zero-order valence-electron chi connectivity index (χ0n) is 10.3. The van der Waals surface area contributed by atoms with E-state index in [9.17, 15) is 14.4 Å². The molecule has 0 atom stereocenters. The number of nitrogens with zero attached hydrogens (tertiary/aromatic N) is 2. The molecule has 7 heteroatoms. The van der Waals surface area contributed by atoms with Crippen LogP contribution in [0.4, 0.5) is 4.79 Å². The van der Waals surface area contributed by atoms with Crippen molar-refractivity contribution in [3.63, 3.8) is 0 Å². The number of carboxylic acids is 1. The molecule has 98 valence electrons. The fourth-order valence-corrected chi connectivity index (χ4v) is 1.24. The highest BCUT2D eigenvalue weighted by Crippen LogP contribution is 1.99. The zero-order valence-corrected chi connectivity index (χ0v) is 10.3. The number of hydrogen-bond donors (Lipinski definition) is 1. The van der Waals surface area contributed by atoms with Crippen molar-refractivity contribution in [2.75, 3.05) is 33.8 Å². The van der Waals surface area contributed by atoms with Crippen molar-refractivity contribution < 1.29 is 24.2 Å². The Hall–Kier alpha value is -1.79. The second-order valence-corrected chi connectivity index (χ2v) is 3.53. The molecule has 0 saturated carbocycles. The Kier molecular flexibility index (Phi) is 6.69. The van der Waals surface area contributed by atoms with Crippen LogP contribution in [0.3, 0.4) is 0 Å². The lowest BCUT2D eigenvalue weighted by atomic mass is 10.4. The van der Waals surface area contributed by atoms with Crippen LogP contribution in [0, 0.1) is 0 Å². The van der Waals surface area contributed by atoms with Gasteiger partial charge >= 0.3 is 18.0 Å². The van der Waals surface area contributed by atoms with E-state index in [1.807, 2.05) is 6.92 Å². The van der Waals surface area contributed by atoms with E-state index in [2.05, 4.69) is 4.74 Å². The number of carbonyl (C=O) groups excluding carboxylic acids is 2. The van der Waals surface area contributed by atoms with E-state index >= 15 is 0 Å². The molecule has 2 amide bonds. The zero-order chi connectivity index (χ0) is 13.4. The van der Waals surface area contributed by atoms with Crippen LogP contribution in [0.1, 0.15) is 13.3 Å². The lowest BCUT2D eigenvalue weighted by molar-refractivity contribution is -0.141. The monoisotopic (exact) mass is 246 g/mol. The van der Waals surface area contributed by atoms with Crippen molar-refractivity contribution in [1.82, 2.24) is 9.80 Å². The number of carboxylic acid groups (broad SMARTS) is 1. The molecule has 17 heavy (non-hydrogen) atoms. The SMILES string of the molecule is CCCN(CC(=O)OC)C(=O)N(C)CC(=O)O. The normalized spacial score (nSPS) is 9.59. The third kappa shape index (κ3) is 5.74. The predicted octanol–water partition coefficient (Wildman–Crippen LogP) is 0.00780. The molecule has 0 saturated heterocycles. The van der Waals surface area contributed by atoms with Crippen molar-refractivity contribution in [3.8, 4) is 0 Å². The lowest BCUT2D eigenvalue weighted by Gasteiger charge is -2.25. The Morgan fingerprint density at radius 3 is 2.24 bits per heavy atom. The Balaban J connectivity index is 4.52. The first-order valence-corrected chi connectivity index (χ1v) is 5.21. The van der Waals surface area contributed by atoms with E-state index in [0.29, 0.717) is 13.0 Å². The van der Waals surface area contributed by atoms with Crippen LogP contribution >= 0.6 is 0 Å². The number of hydrogen-bond acceptors (Lipinski definition) is 4. The van der Waals surface area contributed by atoms with E-state index in [0.717, 1.165) is 4.90 Å². The molecule has 0 aromatic heterocycles. The molecule has 0 aromatic carbocycles. The van der Waals surface area contributed by atoms with Gasteiger partial charge in [-0.2, -0.15) is 0 Å². The van der Waals surface area contributed by atoms with E-state index < -0.39 is 24.5 Å². The first kappa shape index (κ1) is 15.2. The summed E-state index contributed by atoms with van der Waals surface area (Å²) in [5, 5.41) is 8.57. The first-order chi connectivity index (χ1) is 7.92. The van der Waals surface area contributed by atoms with Crippen LogP contribution in [-0.4, -0.2) is 66.7 Å². The van der Waals surface area contributed by atoms with Crippen molar-refractivity contribution >= 4 is 18.0 Å². The maximum Gasteiger partial charge on any atom is 0.325 e. The first-order valence-electron chi connectivity index (χ1n) is 5.21. The Labute approximate surface area is 99.9 Å². The smallest absolute Gasteiger partial charge is 0.325 e. The summed E-state index contributed by atoms with van der Waals surface area (Å²) in [6.45, 7) is 1.65. The molecular formula is C10H18N2O5. The molecule has 7 nitrogen and oxygen atoms in total. The second kappa shape index (κ2) is 7.48. The summed E-state index contributed by atoms with van der Waals surface area (Å²) in [7, 11) is 2.61. The highest BCUT2D eigenvalue weighted by molar-refractivity contribution is 5.83. The van der Waals surface area contributed by atoms with E-state index in [4.69, 9.17) is 5.11 Å². The average Bonchev–Trinajstić information content (AvgIpc) is 2.26. The van der Waals surface area contributed by atoms with Crippen LogP contribution in [-0.2, 0) is 14.3 Å². The van der Waals surface area contributed by atoms with Crippen LogP contribution < -0.4 is 0 Å². The molecular weight excluding hydrogens is 228 g/mol. The minimum atomic E-state index is -1.10. The molecule has 0 aliphatic carbocycles. The molecule has 0 bridgehead atoms. The summed E-state index contributed by atoms with van der Waals surface area (Å²) in [4.78, 5) is 35.7. The molecule has 0 aliphatic heterocycles. The number of esters is 1. The van der Waals surface area contributed by atoms with Gasteiger partial charge in [-0.05, 0) is 6.42 Å². The largest absolute Gasteiger partial charge is 0.480 e. The number of methoxy groups -OCH3 is 1. The van der Waals surface area contributed by atoms with Gasteiger partial charge in [0.05, 0.1) is 7.11 Å². The van der Waals surface area contributed by atoms with Crippen molar-refractivity contribution in [1.29, 1.82) is 0 Å². The maximum absolute atomic E-state index is 11.8. The van der Waals surface area contributed by atoms with Crippen LogP contribution in [0.5, 0.6) is 0 Å². The van der Waals surface area contributed by atoms with Crippen LogP contribution in [0.2, 0.25) is 0 Å². The summed E-state index contributed by atoms with van der Waals surface area (Å²) in [6.07, 6.45) is 0.670. The van der Waals surface area contributed by atoms with Gasteiger partial charge in [0.2, 0.25) is 0 Å². The van der Waals surface area contributed by atoms with E-state index in [1.165, 1.54) is 19.1 Å². The number of amides is 2. The Bertz CT molecular complexity index is 292. The van der Waals surface area contributed by atoms with Gasteiger partial charge in [-0.3, -0.25) is 9.59 Å². The quantitative estimate of drug-likeness (QED) is 0.667. The predicted molar refractivity (Wildman–Crippen MR) is 59.5 cm³/mol. The number of urea groups is 1. The third-order valence-electron chi connectivity index (χ3n) is 2.01. The van der Waals surface area contributed by atoms with Gasteiger partial charge in [0.1, 0.15) is 13.1 Å². The van der Waals surface area contributed by atoms with Crippen molar-refractivity contribution in [2.45, 2.75) is 13.3 Å². The van der Waals surface area contributed by atoms with Gasteiger partial charge in [0.15, 0.2) is 0 Å². The van der Waals surface area contributed by atoms with Gasteiger partial charge in [0.25, 0.3) is 0 Å². The topological polar surface area (TPSA) is 87.2 Å². The Morgan fingerprint density at radius 1 is 1.24 bits per heavy atom. The summed E-state index contributed by atoms with van der Waals surface area (Å²) < 4.78 is 4.47. The Morgan fingerprint density at radius 2 is 1.82 bits per heavy atom. The summed E-state index contributed by atoms with van der Waals surface area (Å²) in [6, 6.07) is -0.500. The highest BCUT2D eigenvalue weighted by atomic mass is 16.5. The van der Waals surface area contributed by atoms with Crippen LogP contribution in [0.25, 0.3) is 0 Å². The standard InChI is InChI=1S/C10H18N2O5/c1-4-5-12(7-9(15)17-3)10(16)11(2)6-8(13)14/h4-7H2,1-3H3,(H,13,14). The average molecular weight is 246 g/mol. The molecule has 0 spiro atoms. The molecule has 0 rings (SSSR count). The fraction of sp³-hybridized carbons (Fsp3) is 0.700. The molecule has 0 heterocycles. The minimum absolute atomic E-state index is 0.173. The maximum atomic E-state index is 11.8. The van der Waals surface area contributed by atoms with Gasteiger partial charge in [-0.1, -0.05) is 6.92 Å². The van der Waals surface area contributed by atoms with E-state index in [1.54, 1.807) is 0 Å². The number of ether oxygens (including phenoxy) is 1. The molecule has 0 unspecified atom stereocenters. The summed E-state index contributed by atoms with van der Waals surface area (Å²) >= 11 is 0. The van der Waals surface area contributed by atoms with Crippen molar-refractivity contribution in [2.24, 2.45) is 0 Å². The molecule has 0 aliphatic rings.